The average Bonchev–Trinajstić information content (AvgIpc) is 2.67. The van der Waals surface area contributed by atoms with Gasteiger partial charge >= 0.3 is 12.1 Å². The molecule has 31 heavy (non-hydrogen) atoms. The lowest BCUT2D eigenvalue weighted by atomic mass is 9.73. The van der Waals surface area contributed by atoms with Crippen LogP contribution in [0.15, 0.2) is 35.9 Å². The fraction of sp³-hybridized carbons (Fsp3) is 0.538. The Labute approximate surface area is 186 Å². The number of amides is 1. The van der Waals surface area contributed by atoms with Gasteiger partial charge in [-0.15, -0.1) is 0 Å². The van der Waals surface area contributed by atoms with E-state index in [4.69, 9.17) is 9.47 Å². The SMILES string of the molecule is C=C(C)C1CCC(C)=CC1c1c(OC(C)=O)cc(CCCCC)cc1OC(=O)NCC. The molecule has 1 aromatic carbocycles. The van der Waals surface area contributed by atoms with Gasteiger partial charge in [0.05, 0.1) is 0 Å². The molecule has 0 aromatic heterocycles. The Kier molecular flexibility index (Phi) is 9.35. The Morgan fingerprint density at radius 1 is 1.13 bits per heavy atom. The van der Waals surface area contributed by atoms with Crippen LogP contribution in [0, 0.1) is 5.92 Å². The van der Waals surface area contributed by atoms with Crippen molar-refractivity contribution in [3.8, 4) is 11.5 Å². The van der Waals surface area contributed by atoms with Gasteiger partial charge in [0.15, 0.2) is 0 Å². The number of carbonyl (C=O) groups excluding carboxylic acids is 2. The van der Waals surface area contributed by atoms with Gasteiger partial charge < -0.3 is 14.8 Å². The zero-order chi connectivity index (χ0) is 23.0. The molecule has 170 valence electrons. The number of ether oxygens (including phenoxy) is 2. The fourth-order valence-corrected chi connectivity index (χ4v) is 4.22. The third-order valence-corrected chi connectivity index (χ3v) is 5.72. The molecule has 0 saturated carbocycles. The van der Waals surface area contributed by atoms with Crippen molar-refractivity contribution >= 4 is 12.1 Å². The highest BCUT2D eigenvalue weighted by Crippen LogP contribution is 2.47. The van der Waals surface area contributed by atoms with Crippen molar-refractivity contribution in [1.82, 2.24) is 5.32 Å². The Morgan fingerprint density at radius 2 is 1.81 bits per heavy atom. The smallest absolute Gasteiger partial charge is 0.412 e. The van der Waals surface area contributed by atoms with Crippen molar-refractivity contribution in [2.24, 2.45) is 5.92 Å². The first kappa shape index (κ1) is 24.7. The van der Waals surface area contributed by atoms with E-state index < -0.39 is 6.09 Å². The summed E-state index contributed by atoms with van der Waals surface area (Å²) in [6.07, 6.45) is 7.73. The van der Waals surface area contributed by atoms with Crippen molar-refractivity contribution in [1.29, 1.82) is 0 Å². The van der Waals surface area contributed by atoms with Crippen LogP contribution in [-0.4, -0.2) is 18.6 Å². The van der Waals surface area contributed by atoms with Crippen molar-refractivity contribution in [2.45, 2.75) is 79.1 Å². The van der Waals surface area contributed by atoms with Gasteiger partial charge in [-0.25, -0.2) is 4.79 Å². The molecule has 1 aliphatic rings. The summed E-state index contributed by atoms with van der Waals surface area (Å²) < 4.78 is 11.5. The number of allylic oxidation sites excluding steroid dienone is 3. The van der Waals surface area contributed by atoms with Crippen LogP contribution >= 0.6 is 0 Å². The molecule has 2 atom stereocenters. The molecule has 0 radical (unpaired) electrons. The molecular weight excluding hydrogens is 390 g/mol. The number of hydrogen-bond donors (Lipinski definition) is 1. The molecule has 0 heterocycles. The van der Waals surface area contributed by atoms with E-state index in [1.807, 2.05) is 26.0 Å². The molecular formula is C26H37NO4. The third-order valence-electron chi connectivity index (χ3n) is 5.72. The number of benzene rings is 1. The maximum atomic E-state index is 12.4. The number of nitrogens with one attached hydrogen (secondary N) is 1. The van der Waals surface area contributed by atoms with Crippen LogP contribution in [0.1, 0.15) is 83.8 Å². The fourth-order valence-electron chi connectivity index (χ4n) is 4.22. The summed E-state index contributed by atoms with van der Waals surface area (Å²) in [6.45, 7) is 14.2. The van der Waals surface area contributed by atoms with Gasteiger partial charge in [-0.1, -0.05) is 43.6 Å². The van der Waals surface area contributed by atoms with Crippen LogP contribution in [0.5, 0.6) is 11.5 Å². The van der Waals surface area contributed by atoms with Gasteiger partial charge in [-0.05, 0) is 70.1 Å². The normalized spacial score (nSPS) is 18.2. The summed E-state index contributed by atoms with van der Waals surface area (Å²) in [6, 6.07) is 3.87. The molecule has 1 aliphatic carbocycles. The van der Waals surface area contributed by atoms with Crippen molar-refractivity contribution in [2.75, 3.05) is 6.54 Å². The molecule has 5 heteroatoms. The van der Waals surface area contributed by atoms with E-state index >= 15 is 0 Å². The lowest BCUT2D eigenvalue weighted by molar-refractivity contribution is -0.131. The molecule has 1 amide bonds. The summed E-state index contributed by atoms with van der Waals surface area (Å²) in [5.74, 6) is 0.649. The highest BCUT2D eigenvalue weighted by molar-refractivity contribution is 5.74. The molecule has 5 nitrogen and oxygen atoms in total. The zero-order valence-electron chi connectivity index (χ0n) is 19.7. The van der Waals surface area contributed by atoms with Crippen molar-refractivity contribution in [3.63, 3.8) is 0 Å². The number of hydrogen-bond acceptors (Lipinski definition) is 4. The van der Waals surface area contributed by atoms with Gasteiger partial charge in [0.25, 0.3) is 0 Å². The zero-order valence-corrected chi connectivity index (χ0v) is 19.7. The van der Waals surface area contributed by atoms with Gasteiger partial charge in [-0.3, -0.25) is 4.79 Å². The van der Waals surface area contributed by atoms with Crippen molar-refractivity contribution in [3.05, 3.63) is 47.1 Å². The van der Waals surface area contributed by atoms with E-state index in [9.17, 15) is 9.59 Å². The minimum absolute atomic E-state index is 0.0743. The Hall–Kier alpha value is -2.56. The first-order valence-electron chi connectivity index (χ1n) is 11.4. The third kappa shape index (κ3) is 6.98. The highest BCUT2D eigenvalue weighted by atomic mass is 16.6. The lowest BCUT2D eigenvalue weighted by Gasteiger charge is -2.32. The summed E-state index contributed by atoms with van der Waals surface area (Å²) in [5.41, 5.74) is 4.08. The summed E-state index contributed by atoms with van der Waals surface area (Å²) in [5, 5.41) is 2.70. The van der Waals surface area contributed by atoms with Crippen molar-refractivity contribution < 1.29 is 19.1 Å². The molecule has 0 bridgehead atoms. The summed E-state index contributed by atoms with van der Waals surface area (Å²) in [4.78, 5) is 24.3. The summed E-state index contributed by atoms with van der Waals surface area (Å²) in [7, 11) is 0. The van der Waals surface area contributed by atoms with Gasteiger partial charge in [0.1, 0.15) is 11.5 Å². The van der Waals surface area contributed by atoms with Crippen LogP contribution in [0.4, 0.5) is 4.79 Å². The number of unbranched alkanes of at least 4 members (excludes halogenated alkanes) is 2. The van der Waals surface area contributed by atoms with Gasteiger partial charge in [0, 0.05) is 24.9 Å². The van der Waals surface area contributed by atoms with E-state index in [0.717, 1.165) is 55.2 Å². The second-order valence-corrected chi connectivity index (χ2v) is 8.51. The molecule has 1 aromatic rings. The van der Waals surface area contributed by atoms with Crippen LogP contribution in [0.2, 0.25) is 0 Å². The Balaban J connectivity index is 2.64. The minimum Gasteiger partial charge on any atom is -0.426 e. The van der Waals surface area contributed by atoms with E-state index in [0.29, 0.717) is 18.0 Å². The standard InChI is InChI=1S/C26H37NO4/c1-7-9-10-11-20-15-23(30-19(6)28)25(24(16-20)31-26(29)27-8-2)22-14-18(5)12-13-21(22)17(3)4/h14-16,21-22H,3,7-13H2,1-2,4-6H3,(H,27,29). The number of rotatable bonds is 9. The minimum atomic E-state index is -0.508. The highest BCUT2D eigenvalue weighted by Gasteiger charge is 2.32. The van der Waals surface area contributed by atoms with Gasteiger partial charge in [0.2, 0.25) is 0 Å². The maximum absolute atomic E-state index is 12.4. The lowest BCUT2D eigenvalue weighted by Crippen LogP contribution is -2.27. The van der Waals surface area contributed by atoms with Crippen LogP contribution < -0.4 is 14.8 Å². The maximum Gasteiger partial charge on any atom is 0.412 e. The van der Waals surface area contributed by atoms with E-state index in [-0.39, 0.29) is 17.8 Å². The van der Waals surface area contributed by atoms with Crippen LogP contribution in [0.25, 0.3) is 0 Å². The number of aryl methyl sites for hydroxylation is 1. The number of carbonyl (C=O) groups is 2. The topological polar surface area (TPSA) is 64.6 Å². The second kappa shape index (κ2) is 11.7. The molecule has 0 fully saturated rings. The quantitative estimate of drug-likeness (QED) is 0.212. The van der Waals surface area contributed by atoms with Crippen LogP contribution in [0.3, 0.4) is 0 Å². The van der Waals surface area contributed by atoms with E-state index in [2.05, 4.69) is 31.8 Å². The monoisotopic (exact) mass is 427 g/mol. The molecule has 0 spiro atoms. The number of esters is 1. The molecule has 2 rings (SSSR count). The molecule has 0 aliphatic heterocycles. The Morgan fingerprint density at radius 3 is 2.39 bits per heavy atom. The largest absolute Gasteiger partial charge is 0.426 e. The predicted molar refractivity (Wildman–Crippen MR) is 125 cm³/mol. The van der Waals surface area contributed by atoms with E-state index in [1.165, 1.54) is 12.5 Å². The predicted octanol–water partition coefficient (Wildman–Crippen LogP) is 6.47. The summed E-state index contributed by atoms with van der Waals surface area (Å²) >= 11 is 0. The molecule has 1 N–H and O–H groups in total. The van der Waals surface area contributed by atoms with E-state index in [1.54, 1.807) is 0 Å². The van der Waals surface area contributed by atoms with Crippen LogP contribution in [-0.2, 0) is 11.2 Å². The Bertz CT molecular complexity index is 840. The second-order valence-electron chi connectivity index (χ2n) is 8.51. The molecule has 0 saturated heterocycles. The first-order valence-corrected chi connectivity index (χ1v) is 11.4. The first-order chi connectivity index (χ1) is 14.8. The average molecular weight is 428 g/mol. The van der Waals surface area contributed by atoms with Gasteiger partial charge in [-0.2, -0.15) is 0 Å². The molecule has 2 unspecified atom stereocenters.